The Balaban J connectivity index is 1.69. The van der Waals surface area contributed by atoms with Crippen molar-refractivity contribution < 1.29 is 18.8 Å². The van der Waals surface area contributed by atoms with Gasteiger partial charge in [-0.3, -0.25) is 19.7 Å². The highest BCUT2D eigenvalue weighted by molar-refractivity contribution is 7.80. The van der Waals surface area contributed by atoms with Crippen LogP contribution < -0.4 is 15.2 Å². The lowest BCUT2D eigenvalue weighted by atomic mass is 9.98. The third-order valence-electron chi connectivity index (χ3n) is 4.71. The summed E-state index contributed by atoms with van der Waals surface area (Å²) in [7, 11) is 0. The zero-order valence-corrected chi connectivity index (χ0v) is 16.5. The van der Waals surface area contributed by atoms with Gasteiger partial charge in [0.15, 0.2) is 5.11 Å². The Labute approximate surface area is 176 Å². The summed E-state index contributed by atoms with van der Waals surface area (Å²) in [6, 6.07) is 14.4. The van der Waals surface area contributed by atoms with Crippen LogP contribution in [0.3, 0.4) is 0 Å². The molecule has 0 aromatic heterocycles. The van der Waals surface area contributed by atoms with Crippen LogP contribution in [0.25, 0.3) is 0 Å². The maximum absolute atomic E-state index is 14.2. The van der Waals surface area contributed by atoms with Gasteiger partial charge < -0.3 is 0 Å². The van der Waals surface area contributed by atoms with E-state index in [9.17, 15) is 18.8 Å². The van der Waals surface area contributed by atoms with Crippen LogP contribution in [-0.4, -0.2) is 28.5 Å². The van der Waals surface area contributed by atoms with Crippen molar-refractivity contribution in [1.29, 1.82) is 0 Å². The molecule has 0 aliphatic carbocycles. The Morgan fingerprint density at radius 3 is 2.43 bits per heavy atom. The molecule has 4 rings (SSSR count). The molecule has 2 heterocycles. The lowest BCUT2D eigenvalue weighted by Gasteiger charge is -2.29. The number of nitrogens with zero attached hydrogens (tertiary/aromatic N) is 3. The van der Waals surface area contributed by atoms with Crippen molar-refractivity contribution in [1.82, 2.24) is 5.32 Å². The van der Waals surface area contributed by atoms with Crippen molar-refractivity contribution in [2.45, 2.75) is 6.92 Å². The first-order valence-electron chi connectivity index (χ1n) is 8.98. The van der Waals surface area contributed by atoms with Crippen LogP contribution in [0.5, 0.6) is 0 Å². The third-order valence-corrected chi connectivity index (χ3v) is 5.00. The maximum atomic E-state index is 14.2. The van der Waals surface area contributed by atoms with Gasteiger partial charge in [0, 0.05) is 0 Å². The number of carbonyl (C=O) groups excluding carboxylic acids is 3. The smallest absolute Gasteiger partial charge is 0.270 e. The molecule has 3 amide bonds. The molecule has 0 saturated carbocycles. The summed E-state index contributed by atoms with van der Waals surface area (Å²) in [5.41, 5.74) is 0.584. The standard InChI is InChI=1S/C21H15FN4O3S/c1-12-14(20(29)26(24-12)13-7-3-2-4-8-13)11-15-18(27)23-21(30)25(19(15)28)17-10-6-5-9-16(17)22/h2-11,14H,1H3,(H,23,27,30)/b15-11-/t14-/m0/s1. The van der Waals surface area contributed by atoms with E-state index in [1.165, 1.54) is 29.3 Å². The number of nitrogens with one attached hydrogen (secondary N) is 1. The van der Waals surface area contributed by atoms with E-state index in [2.05, 4.69) is 10.4 Å². The Morgan fingerprint density at radius 1 is 1.07 bits per heavy atom. The second-order valence-electron chi connectivity index (χ2n) is 6.64. The summed E-state index contributed by atoms with van der Waals surface area (Å²) in [6.45, 7) is 1.63. The molecule has 2 aromatic rings. The predicted octanol–water partition coefficient (Wildman–Crippen LogP) is 2.54. The van der Waals surface area contributed by atoms with Crippen molar-refractivity contribution in [2.75, 3.05) is 9.91 Å². The summed E-state index contributed by atoms with van der Waals surface area (Å²) in [4.78, 5) is 39.3. The van der Waals surface area contributed by atoms with Crippen LogP contribution in [0, 0.1) is 11.7 Å². The van der Waals surface area contributed by atoms with Gasteiger partial charge in [-0.1, -0.05) is 30.3 Å². The van der Waals surface area contributed by atoms with E-state index in [0.717, 1.165) is 4.90 Å². The van der Waals surface area contributed by atoms with Crippen molar-refractivity contribution in [3.05, 3.63) is 72.1 Å². The summed E-state index contributed by atoms with van der Waals surface area (Å²) in [5, 5.41) is 7.63. The minimum atomic E-state index is -0.913. The summed E-state index contributed by atoms with van der Waals surface area (Å²) < 4.78 is 14.2. The molecule has 1 N–H and O–H groups in total. The average molecular weight is 422 g/mol. The van der Waals surface area contributed by atoms with Crippen LogP contribution in [0.2, 0.25) is 0 Å². The highest BCUT2D eigenvalue weighted by Gasteiger charge is 2.39. The number of hydrazone groups is 1. The number of anilines is 2. The Kier molecular flexibility index (Phi) is 4.96. The van der Waals surface area contributed by atoms with Crippen LogP contribution in [-0.2, 0) is 14.4 Å². The monoisotopic (exact) mass is 422 g/mol. The molecule has 1 saturated heterocycles. The normalized spacial score (nSPS) is 20.7. The maximum Gasteiger partial charge on any atom is 0.270 e. The number of thiocarbonyl (C=S) groups is 1. The Morgan fingerprint density at radius 2 is 1.73 bits per heavy atom. The van der Waals surface area contributed by atoms with Crippen molar-refractivity contribution in [3.63, 3.8) is 0 Å². The number of hydrogen-bond donors (Lipinski definition) is 1. The number of amides is 3. The molecular formula is C21H15FN4O3S. The second kappa shape index (κ2) is 7.60. The van der Waals surface area contributed by atoms with Gasteiger partial charge in [-0.15, -0.1) is 0 Å². The predicted molar refractivity (Wildman–Crippen MR) is 113 cm³/mol. The molecule has 2 aromatic carbocycles. The first kappa shape index (κ1) is 19.6. The molecule has 30 heavy (non-hydrogen) atoms. The van der Waals surface area contributed by atoms with E-state index < -0.39 is 29.5 Å². The fourth-order valence-electron chi connectivity index (χ4n) is 3.22. The van der Waals surface area contributed by atoms with Gasteiger partial charge in [-0.05, 0) is 49.5 Å². The lowest BCUT2D eigenvalue weighted by Crippen LogP contribution is -2.54. The van der Waals surface area contributed by atoms with Crippen LogP contribution in [0.1, 0.15) is 6.92 Å². The van der Waals surface area contributed by atoms with Gasteiger partial charge in [0.05, 0.1) is 23.0 Å². The minimum absolute atomic E-state index is 0.0903. The van der Waals surface area contributed by atoms with E-state index >= 15 is 0 Å². The first-order chi connectivity index (χ1) is 14.4. The number of carbonyl (C=O) groups is 3. The minimum Gasteiger partial charge on any atom is -0.298 e. The summed E-state index contributed by atoms with van der Waals surface area (Å²) in [6.07, 6.45) is 1.25. The topological polar surface area (TPSA) is 82.1 Å². The first-order valence-corrected chi connectivity index (χ1v) is 9.39. The van der Waals surface area contributed by atoms with Crippen LogP contribution >= 0.6 is 12.2 Å². The van der Waals surface area contributed by atoms with Gasteiger partial charge in [-0.2, -0.15) is 10.1 Å². The fourth-order valence-corrected chi connectivity index (χ4v) is 3.50. The van der Waals surface area contributed by atoms with Gasteiger partial charge in [0.25, 0.3) is 17.7 Å². The van der Waals surface area contributed by atoms with E-state index in [-0.39, 0.29) is 16.4 Å². The molecule has 9 heteroatoms. The molecule has 1 atom stereocenters. The van der Waals surface area contributed by atoms with Gasteiger partial charge in [0.1, 0.15) is 11.4 Å². The molecule has 2 aliphatic rings. The largest absolute Gasteiger partial charge is 0.298 e. The van der Waals surface area contributed by atoms with E-state index in [1.807, 2.05) is 6.07 Å². The molecule has 0 radical (unpaired) electrons. The van der Waals surface area contributed by atoms with Crippen molar-refractivity contribution in [3.8, 4) is 0 Å². The van der Waals surface area contributed by atoms with E-state index in [4.69, 9.17) is 12.2 Å². The number of halogens is 1. The number of para-hydroxylation sites is 2. The van der Waals surface area contributed by atoms with Gasteiger partial charge >= 0.3 is 0 Å². The van der Waals surface area contributed by atoms with Crippen LogP contribution in [0.4, 0.5) is 15.8 Å². The highest BCUT2D eigenvalue weighted by Crippen LogP contribution is 2.28. The summed E-state index contributed by atoms with van der Waals surface area (Å²) in [5.74, 6) is -3.56. The van der Waals surface area contributed by atoms with E-state index in [0.29, 0.717) is 11.4 Å². The van der Waals surface area contributed by atoms with Gasteiger partial charge in [-0.25, -0.2) is 9.29 Å². The zero-order chi connectivity index (χ0) is 21.4. The average Bonchev–Trinajstić information content (AvgIpc) is 3.01. The van der Waals surface area contributed by atoms with E-state index in [1.54, 1.807) is 37.3 Å². The lowest BCUT2D eigenvalue weighted by molar-refractivity contribution is -0.122. The van der Waals surface area contributed by atoms with Crippen molar-refractivity contribution >= 4 is 52.1 Å². The van der Waals surface area contributed by atoms with Crippen LogP contribution in [0.15, 0.2) is 71.3 Å². The molecule has 150 valence electrons. The molecule has 0 bridgehead atoms. The third kappa shape index (κ3) is 3.29. The Bertz CT molecular complexity index is 1150. The van der Waals surface area contributed by atoms with Crippen molar-refractivity contribution in [2.24, 2.45) is 11.0 Å². The number of benzene rings is 2. The molecule has 2 aliphatic heterocycles. The fraction of sp³-hybridized carbons (Fsp3) is 0.0952. The molecule has 0 unspecified atom stereocenters. The molecule has 1 fully saturated rings. The summed E-state index contributed by atoms with van der Waals surface area (Å²) >= 11 is 5.07. The number of rotatable bonds is 3. The molecule has 0 spiro atoms. The SMILES string of the molecule is CC1=NN(c2ccccc2)C(=O)[C@H]1/C=C1/C(=O)NC(=S)N(c2ccccc2F)C1=O. The van der Waals surface area contributed by atoms with Gasteiger partial charge in [0.2, 0.25) is 0 Å². The molecule has 7 nitrogen and oxygen atoms in total. The second-order valence-corrected chi connectivity index (χ2v) is 7.02. The quantitative estimate of drug-likeness (QED) is 0.468. The molecular weight excluding hydrogens is 407 g/mol. The number of hydrogen-bond acceptors (Lipinski definition) is 5. The Hall–Kier alpha value is -3.72. The highest BCUT2D eigenvalue weighted by atomic mass is 32.1. The zero-order valence-electron chi connectivity index (χ0n) is 15.7.